The summed E-state index contributed by atoms with van der Waals surface area (Å²) in [5.74, 6) is 5.01. The van der Waals surface area contributed by atoms with Crippen LogP contribution in [0.3, 0.4) is 0 Å². The van der Waals surface area contributed by atoms with Gasteiger partial charge in [0, 0.05) is 12.1 Å². The maximum absolute atomic E-state index is 4.17. The Morgan fingerprint density at radius 3 is 2.24 bits per heavy atom. The van der Waals surface area contributed by atoms with Gasteiger partial charge in [0.2, 0.25) is 0 Å². The van der Waals surface area contributed by atoms with Crippen LogP contribution in [0.1, 0.15) is 124 Å². The van der Waals surface area contributed by atoms with E-state index in [0.29, 0.717) is 6.04 Å². The minimum absolute atomic E-state index is 0.615. The first kappa shape index (κ1) is 23.4. The maximum atomic E-state index is 4.17. The van der Waals surface area contributed by atoms with Gasteiger partial charge in [-0.25, -0.2) is 0 Å². The highest BCUT2D eigenvalue weighted by atomic mass is 14.9. The van der Waals surface area contributed by atoms with Crippen LogP contribution in [0.25, 0.3) is 0 Å². The normalized spacial score (nSPS) is 31.6. The molecule has 0 spiro atoms. The lowest BCUT2D eigenvalue weighted by Crippen LogP contribution is -2.41. The van der Waals surface area contributed by atoms with E-state index in [-0.39, 0.29) is 0 Å². The minimum Gasteiger partial charge on any atom is -0.308 e. The fraction of sp³-hybridized carbons (Fsp3) is 0.929. The topological polar surface area (TPSA) is 12.0 Å². The fourth-order valence-electron chi connectivity index (χ4n) is 6.51. The van der Waals surface area contributed by atoms with Gasteiger partial charge >= 0.3 is 0 Å². The zero-order valence-electron chi connectivity index (χ0n) is 20.0. The zero-order chi connectivity index (χ0) is 20.5. The van der Waals surface area contributed by atoms with Crippen LogP contribution in [0.5, 0.6) is 0 Å². The van der Waals surface area contributed by atoms with Crippen LogP contribution in [0.2, 0.25) is 0 Å². The van der Waals surface area contributed by atoms with E-state index < -0.39 is 0 Å². The number of hydrogen-bond donors (Lipinski definition) is 1. The van der Waals surface area contributed by atoms with Crippen molar-refractivity contribution in [3.8, 4) is 0 Å². The summed E-state index contributed by atoms with van der Waals surface area (Å²) in [6.07, 6.45) is 28.2. The summed E-state index contributed by atoms with van der Waals surface area (Å²) in [4.78, 5) is 0. The van der Waals surface area contributed by atoms with Crippen molar-refractivity contribution in [3.63, 3.8) is 0 Å². The van der Waals surface area contributed by atoms with Crippen molar-refractivity contribution in [3.05, 3.63) is 12.2 Å². The molecule has 0 heterocycles. The van der Waals surface area contributed by atoms with Crippen LogP contribution in [0.4, 0.5) is 0 Å². The second kappa shape index (κ2) is 12.5. The van der Waals surface area contributed by atoms with Crippen molar-refractivity contribution in [1.29, 1.82) is 0 Å². The molecule has 1 heteroatoms. The van der Waals surface area contributed by atoms with Crippen molar-refractivity contribution >= 4 is 0 Å². The smallest absolute Gasteiger partial charge is 0.0252 e. The molecule has 0 bridgehead atoms. The van der Waals surface area contributed by atoms with Gasteiger partial charge in [0.05, 0.1) is 0 Å². The van der Waals surface area contributed by atoms with Gasteiger partial charge in [-0.2, -0.15) is 0 Å². The molecule has 3 aliphatic rings. The van der Waals surface area contributed by atoms with E-state index in [0.717, 1.165) is 35.6 Å². The highest BCUT2D eigenvalue weighted by Crippen LogP contribution is 2.42. The summed E-state index contributed by atoms with van der Waals surface area (Å²) in [5, 5.41) is 4.17. The predicted molar refractivity (Wildman–Crippen MR) is 128 cm³/mol. The Hall–Kier alpha value is -0.300. The SMILES string of the molecule is CC=CC(CCC1CCC1)NC1CCC(CC(C)CCC)CCC(C2CCC2)C1. The summed E-state index contributed by atoms with van der Waals surface area (Å²) >= 11 is 0. The quantitative estimate of drug-likeness (QED) is 0.343. The zero-order valence-corrected chi connectivity index (χ0v) is 20.0. The van der Waals surface area contributed by atoms with Crippen LogP contribution >= 0.6 is 0 Å². The van der Waals surface area contributed by atoms with Gasteiger partial charge < -0.3 is 5.32 Å². The average Bonchev–Trinajstić information content (AvgIpc) is 2.59. The van der Waals surface area contributed by atoms with E-state index >= 15 is 0 Å². The lowest BCUT2D eigenvalue weighted by molar-refractivity contribution is 0.136. The van der Waals surface area contributed by atoms with E-state index in [9.17, 15) is 0 Å². The molecule has 0 aliphatic heterocycles. The number of hydrogen-bond acceptors (Lipinski definition) is 1. The number of allylic oxidation sites excluding steroid dienone is 1. The molecular weight excluding hydrogens is 350 g/mol. The highest BCUT2D eigenvalue weighted by molar-refractivity contribution is 4.95. The van der Waals surface area contributed by atoms with E-state index in [1.165, 1.54) is 103 Å². The van der Waals surface area contributed by atoms with Gasteiger partial charge in [-0.15, -0.1) is 0 Å². The van der Waals surface area contributed by atoms with Gasteiger partial charge in [-0.1, -0.05) is 83.8 Å². The van der Waals surface area contributed by atoms with E-state index in [1.54, 1.807) is 0 Å². The second-order valence-corrected chi connectivity index (χ2v) is 11.2. The molecule has 0 saturated heterocycles. The molecule has 3 fully saturated rings. The summed E-state index contributed by atoms with van der Waals surface area (Å²) in [6, 6.07) is 1.37. The lowest BCUT2D eigenvalue weighted by Gasteiger charge is -2.40. The molecule has 0 radical (unpaired) electrons. The molecule has 1 N–H and O–H groups in total. The Labute approximate surface area is 182 Å². The lowest BCUT2D eigenvalue weighted by atomic mass is 9.68. The first-order chi connectivity index (χ1) is 14.2. The van der Waals surface area contributed by atoms with Crippen molar-refractivity contribution in [2.24, 2.45) is 29.6 Å². The first-order valence-electron chi connectivity index (χ1n) is 13.6. The molecule has 5 unspecified atom stereocenters. The van der Waals surface area contributed by atoms with E-state index in [2.05, 4.69) is 38.2 Å². The van der Waals surface area contributed by atoms with Gasteiger partial charge in [0.1, 0.15) is 0 Å². The Kier molecular flexibility index (Phi) is 10.1. The van der Waals surface area contributed by atoms with Crippen LogP contribution < -0.4 is 5.32 Å². The number of rotatable bonds is 11. The molecule has 168 valence electrons. The Balaban J connectivity index is 1.56. The molecule has 3 rings (SSSR count). The third-order valence-electron chi connectivity index (χ3n) is 8.78. The third kappa shape index (κ3) is 7.71. The van der Waals surface area contributed by atoms with Crippen LogP contribution in [-0.2, 0) is 0 Å². The molecule has 5 atom stereocenters. The van der Waals surface area contributed by atoms with Gasteiger partial charge in [0.25, 0.3) is 0 Å². The summed E-state index contributed by atoms with van der Waals surface area (Å²) in [5.41, 5.74) is 0. The molecule has 0 amide bonds. The van der Waals surface area contributed by atoms with Crippen molar-refractivity contribution < 1.29 is 0 Å². The van der Waals surface area contributed by atoms with Crippen molar-refractivity contribution in [1.82, 2.24) is 5.32 Å². The standard InChI is InChI=1S/C28H51N/c1-4-8-22(3)20-24-14-17-26(25-12-7-13-25)21-28(19-16-24)29-27(9-5-2)18-15-23-10-6-11-23/h5,9,22-29H,4,6-8,10-21H2,1-3H3. The molecule has 0 aromatic heterocycles. The van der Waals surface area contributed by atoms with Crippen LogP contribution in [0, 0.1) is 29.6 Å². The summed E-state index contributed by atoms with van der Waals surface area (Å²) < 4.78 is 0. The van der Waals surface area contributed by atoms with E-state index in [1.807, 2.05) is 0 Å². The fourth-order valence-corrected chi connectivity index (χ4v) is 6.51. The molecule has 1 nitrogen and oxygen atoms in total. The Morgan fingerprint density at radius 2 is 1.62 bits per heavy atom. The average molecular weight is 402 g/mol. The minimum atomic E-state index is 0.615. The molecule has 3 saturated carbocycles. The largest absolute Gasteiger partial charge is 0.308 e. The second-order valence-electron chi connectivity index (χ2n) is 11.2. The molecule has 0 aromatic carbocycles. The van der Waals surface area contributed by atoms with Crippen molar-refractivity contribution in [2.75, 3.05) is 0 Å². The first-order valence-corrected chi connectivity index (χ1v) is 13.6. The van der Waals surface area contributed by atoms with Gasteiger partial charge in [-0.05, 0) is 81.5 Å². The molecule has 0 aromatic rings. The maximum Gasteiger partial charge on any atom is 0.0252 e. The summed E-state index contributed by atoms with van der Waals surface area (Å²) in [6.45, 7) is 7.06. The monoisotopic (exact) mass is 401 g/mol. The molecule has 29 heavy (non-hydrogen) atoms. The highest BCUT2D eigenvalue weighted by Gasteiger charge is 2.32. The number of nitrogens with one attached hydrogen (secondary N) is 1. The third-order valence-corrected chi connectivity index (χ3v) is 8.78. The molecule has 3 aliphatic carbocycles. The van der Waals surface area contributed by atoms with E-state index in [4.69, 9.17) is 0 Å². The Morgan fingerprint density at radius 1 is 0.862 bits per heavy atom. The van der Waals surface area contributed by atoms with Crippen LogP contribution in [-0.4, -0.2) is 12.1 Å². The van der Waals surface area contributed by atoms with Crippen molar-refractivity contribution in [2.45, 2.75) is 136 Å². The van der Waals surface area contributed by atoms with Gasteiger partial charge in [-0.3, -0.25) is 0 Å². The Bertz CT molecular complexity index is 461. The summed E-state index contributed by atoms with van der Waals surface area (Å²) in [7, 11) is 0. The predicted octanol–water partition coefficient (Wildman–Crippen LogP) is 8.29. The van der Waals surface area contributed by atoms with Gasteiger partial charge in [0.15, 0.2) is 0 Å². The molecular formula is C28H51N. The van der Waals surface area contributed by atoms with Crippen LogP contribution in [0.15, 0.2) is 12.2 Å².